The van der Waals surface area contributed by atoms with Gasteiger partial charge in [0, 0.05) is 0 Å². The molecule has 0 spiro atoms. The average Bonchev–Trinajstić information content (AvgIpc) is 2.58. The smallest absolute Gasteiger partial charge is 0.119 e. The third kappa shape index (κ3) is 4.11. The van der Waals surface area contributed by atoms with E-state index in [9.17, 15) is 0 Å². The summed E-state index contributed by atoms with van der Waals surface area (Å²) in [5, 5.41) is 0. The van der Waals surface area contributed by atoms with Crippen LogP contribution in [0.25, 0.3) is 0 Å². The largest absolute Gasteiger partial charge is 0.497 e. The maximum absolute atomic E-state index is 5.45. The predicted molar refractivity (Wildman–Crippen MR) is 101 cm³/mol. The Hall–Kier alpha value is -1.96. The normalized spacial score (nSPS) is 13.8. The quantitative estimate of drug-likeness (QED) is 0.632. The van der Waals surface area contributed by atoms with Crippen molar-refractivity contribution in [3.8, 4) is 11.5 Å². The lowest BCUT2D eigenvalue weighted by Gasteiger charge is -2.34. The van der Waals surface area contributed by atoms with Crippen molar-refractivity contribution >= 4 is 0 Å². The van der Waals surface area contributed by atoms with Gasteiger partial charge in [0.2, 0.25) is 0 Å². The van der Waals surface area contributed by atoms with Crippen molar-refractivity contribution < 1.29 is 9.47 Å². The molecule has 2 nitrogen and oxygen atoms in total. The second-order valence-electron chi connectivity index (χ2n) is 7.09. The van der Waals surface area contributed by atoms with E-state index in [-0.39, 0.29) is 0 Å². The molecule has 0 aliphatic heterocycles. The van der Waals surface area contributed by atoms with Gasteiger partial charge in [0.15, 0.2) is 0 Å². The zero-order valence-electron chi connectivity index (χ0n) is 15.7. The van der Waals surface area contributed by atoms with Crippen molar-refractivity contribution in [2.75, 3.05) is 14.2 Å². The molecule has 0 aliphatic rings. The van der Waals surface area contributed by atoms with Crippen molar-refractivity contribution in [1.82, 2.24) is 0 Å². The molecule has 0 fully saturated rings. The first kappa shape index (κ1) is 18.4. The molecular weight excluding hydrogens is 296 g/mol. The molecule has 130 valence electrons. The second-order valence-corrected chi connectivity index (χ2v) is 7.09. The van der Waals surface area contributed by atoms with Crippen LogP contribution in [0.2, 0.25) is 0 Å². The summed E-state index contributed by atoms with van der Waals surface area (Å²) in [6.45, 7) is 9.22. The van der Waals surface area contributed by atoms with Gasteiger partial charge in [-0.25, -0.2) is 0 Å². The molecule has 2 heteroatoms. The Kier molecular flexibility index (Phi) is 6.30. The molecule has 2 unspecified atom stereocenters. The Morgan fingerprint density at radius 2 is 1.00 bits per heavy atom. The monoisotopic (exact) mass is 326 g/mol. The van der Waals surface area contributed by atoms with E-state index in [2.05, 4.69) is 64.1 Å². The van der Waals surface area contributed by atoms with E-state index in [1.807, 2.05) is 12.1 Å². The highest BCUT2D eigenvalue weighted by atomic mass is 16.5. The van der Waals surface area contributed by atoms with E-state index in [0.29, 0.717) is 23.7 Å². The van der Waals surface area contributed by atoms with Crippen LogP contribution in [0.3, 0.4) is 0 Å². The molecule has 0 heterocycles. The second kappa shape index (κ2) is 8.23. The first-order chi connectivity index (χ1) is 11.5. The molecule has 2 atom stereocenters. The van der Waals surface area contributed by atoms with Gasteiger partial charge in [0.25, 0.3) is 0 Å². The van der Waals surface area contributed by atoms with Gasteiger partial charge in [0.05, 0.1) is 14.2 Å². The van der Waals surface area contributed by atoms with Gasteiger partial charge in [-0.2, -0.15) is 0 Å². The van der Waals surface area contributed by atoms with Crippen LogP contribution in [-0.2, 0) is 0 Å². The minimum absolute atomic E-state index is 0.423. The van der Waals surface area contributed by atoms with E-state index >= 15 is 0 Å². The predicted octanol–water partition coefficient (Wildman–Crippen LogP) is 5.88. The molecule has 0 amide bonds. The molecule has 0 N–H and O–H groups in total. The van der Waals surface area contributed by atoms with Crippen molar-refractivity contribution in [2.24, 2.45) is 11.8 Å². The lowest BCUT2D eigenvalue weighted by Crippen LogP contribution is -2.21. The Morgan fingerprint density at radius 3 is 1.29 bits per heavy atom. The fraction of sp³-hybridized carbons (Fsp3) is 0.455. The number of ether oxygens (including phenoxy) is 2. The molecule has 0 saturated heterocycles. The highest BCUT2D eigenvalue weighted by Crippen LogP contribution is 2.44. The number of benzene rings is 2. The Bertz CT molecular complexity index is 588. The van der Waals surface area contributed by atoms with Gasteiger partial charge >= 0.3 is 0 Å². The van der Waals surface area contributed by atoms with Gasteiger partial charge in [-0.3, -0.25) is 0 Å². The Morgan fingerprint density at radius 1 is 0.625 bits per heavy atom. The third-order valence-corrected chi connectivity index (χ3v) is 4.78. The summed E-state index contributed by atoms with van der Waals surface area (Å²) < 4.78 is 10.9. The minimum Gasteiger partial charge on any atom is -0.497 e. The minimum atomic E-state index is 0.423. The van der Waals surface area contributed by atoms with E-state index in [1.165, 1.54) is 11.1 Å². The maximum Gasteiger partial charge on any atom is 0.119 e. The van der Waals surface area contributed by atoms with Crippen LogP contribution in [0, 0.1) is 11.8 Å². The van der Waals surface area contributed by atoms with Gasteiger partial charge in [0.1, 0.15) is 11.5 Å². The molecule has 24 heavy (non-hydrogen) atoms. The van der Waals surface area contributed by atoms with Crippen LogP contribution in [0.5, 0.6) is 11.5 Å². The first-order valence-corrected chi connectivity index (χ1v) is 8.75. The fourth-order valence-electron chi connectivity index (χ4n) is 3.71. The number of methoxy groups -OCH3 is 2. The van der Waals surface area contributed by atoms with E-state index in [1.54, 1.807) is 14.2 Å². The molecular formula is C22H30O2. The standard InChI is InChI=1S/C22H30O2/c1-15(2)21(17-9-7-11-19(13-17)23-5)22(16(3)4)18-10-8-12-20(14-18)24-6/h7-16,21-22H,1-6H3. The molecule has 0 aliphatic carbocycles. The van der Waals surface area contributed by atoms with E-state index in [4.69, 9.17) is 9.47 Å². The van der Waals surface area contributed by atoms with Crippen LogP contribution >= 0.6 is 0 Å². The van der Waals surface area contributed by atoms with Gasteiger partial charge in [-0.15, -0.1) is 0 Å². The summed E-state index contributed by atoms with van der Waals surface area (Å²) in [6.07, 6.45) is 0. The highest BCUT2D eigenvalue weighted by Gasteiger charge is 2.30. The van der Waals surface area contributed by atoms with Crippen LogP contribution in [0.4, 0.5) is 0 Å². The topological polar surface area (TPSA) is 18.5 Å². The average molecular weight is 326 g/mol. The molecule has 2 aromatic rings. The summed E-state index contributed by atoms with van der Waals surface area (Å²) in [7, 11) is 3.46. The summed E-state index contributed by atoms with van der Waals surface area (Å²) in [5.41, 5.74) is 2.68. The molecule has 0 radical (unpaired) electrons. The van der Waals surface area contributed by atoms with Gasteiger partial charge < -0.3 is 9.47 Å². The lowest BCUT2D eigenvalue weighted by atomic mass is 9.70. The SMILES string of the molecule is COc1cccc(C(C(C)C)C(c2cccc(OC)c2)C(C)C)c1. The van der Waals surface area contributed by atoms with Crippen LogP contribution in [0.1, 0.15) is 50.7 Å². The van der Waals surface area contributed by atoms with Crippen molar-refractivity contribution in [1.29, 1.82) is 0 Å². The molecule has 0 saturated carbocycles. The number of rotatable bonds is 7. The summed E-state index contributed by atoms with van der Waals surface area (Å²) in [4.78, 5) is 0. The van der Waals surface area contributed by atoms with Gasteiger partial charge in [-0.1, -0.05) is 52.0 Å². The van der Waals surface area contributed by atoms with Crippen LogP contribution < -0.4 is 9.47 Å². The summed E-state index contributed by atoms with van der Waals surface area (Å²) in [5.74, 6) is 3.74. The molecule has 2 rings (SSSR count). The number of hydrogen-bond acceptors (Lipinski definition) is 2. The maximum atomic E-state index is 5.45. The van der Waals surface area contributed by atoms with Crippen LogP contribution in [-0.4, -0.2) is 14.2 Å². The Labute approximate surface area is 146 Å². The highest BCUT2D eigenvalue weighted by molar-refractivity contribution is 5.37. The van der Waals surface area contributed by atoms with Crippen molar-refractivity contribution in [2.45, 2.75) is 39.5 Å². The number of hydrogen-bond donors (Lipinski definition) is 0. The molecule has 0 aromatic heterocycles. The summed E-state index contributed by atoms with van der Waals surface area (Å²) in [6, 6.07) is 17.0. The fourth-order valence-corrected chi connectivity index (χ4v) is 3.71. The molecule has 0 bridgehead atoms. The zero-order chi connectivity index (χ0) is 17.7. The first-order valence-electron chi connectivity index (χ1n) is 8.75. The third-order valence-electron chi connectivity index (χ3n) is 4.78. The zero-order valence-corrected chi connectivity index (χ0v) is 15.7. The van der Waals surface area contributed by atoms with E-state index < -0.39 is 0 Å². The van der Waals surface area contributed by atoms with Crippen LogP contribution in [0.15, 0.2) is 48.5 Å². The molecule has 2 aromatic carbocycles. The van der Waals surface area contributed by atoms with E-state index in [0.717, 1.165) is 11.5 Å². The summed E-state index contributed by atoms with van der Waals surface area (Å²) >= 11 is 0. The van der Waals surface area contributed by atoms with Crippen molar-refractivity contribution in [3.63, 3.8) is 0 Å². The van der Waals surface area contributed by atoms with Gasteiger partial charge in [-0.05, 0) is 59.1 Å². The lowest BCUT2D eigenvalue weighted by molar-refractivity contribution is 0.343. The van der Waals surface area contributed by atoms with Crippen molar-refractivity contribution in [3.05, 3.63) is 59.7 Å². The Balaban J connectivity index is 2.51.